The molecule has 3 aromatic rings. The zero-order valence-electron chi connectivity index (χ0n) is 16.7. The molecule has 1 aliphatic rings. The van der Waals surface area contributed by atoms with Crippen LogP contribution in [-0.2, 0) is 6.18 Å². The van der Waals surface area contributed by atoms with Gasteiger partial charge in [-0.05, 0) is 55.8 Å². The SMILES string of the molecule is Cl.Nc1nc(Nc2cc(Cl)c(-c3ccc(OC4CCNCC4)cc3)c(C(F)(F)F)c2)n[nH]1. The molecule has 2 heterocycles. The highest BCUT2D eigenvalue weighted by molar-refractivity contribution is 6.34. The molecule has 0 atom stereocenters. The van der Waals surface area contributed by atoms with E-state index in [-0.39, 0.29) is 46.7 Å². The average molecular weight is 489 g/mol. The van der Waals surface area contributed by atoms with E-state index in [2.05, 4.69) is 25.8 Å². The van der Waals surface area contributed by atoms with Crippen LogP contribution in [0.25, 0.3) is 11.1 Å². The van der Waals surface area contributed by atoms with Crippen molar-refractivity contribution >= 4 is 41.6 Å². The van der Waals surface area contributed by atoms with E-state index in [1.165, 1.54) is 6.07 Å². The molecule has 5 N–H and O–H groups in total. The van der Waals surface area contributed by atoms with Gasteiger partial charge >= 0.3 is 6.18 Å². The molecule has 0 amide bonds. The van der Waals surface area contributed by atoms with Gasteiger partial charge in [0, 0.05) is 11.3 Å². The molecule has 4 rings (SSSR count). The Morgan fingerprint density at radius 2 is 1.81 bits per heavy atom. The number of benzene rings is 2. The molecule has 0 unspecified atom stereocenters. The summed E-state index contributed by atoms with van der Waals surface area (Å²) in [6.07, 6.45) is -2.76. The van der Waals surface area contributed by atoms with Crippen LogP contribution in [0.15, 0.2) is 36.4 Å². The average Bonchev–Trinajstić information content (AvgIpc) is 3.13. The van der Waals surface area contributed by atoms with Crippen LogP contribution in [0.4, 0.5) is 30.8 Å². The van der Waals surface area contributed by atoms with Crippen LogP contribution in [0.1, 0.15) is 18.4 Å². The van der Waals surface area contributed by atoms with Crippen molar-refractivity contribution in [2.24, 2.45) is 0 Å². The Labute approximate surface area is 193 Å². The van der Waals surface area contributed by atoms with Crippen molar-refractivity contribution in [3.05, 3.63) is 47.0 Å². The number of H-pyrrole nitrogens is 1. The molecule has 12 heteroatoms. The van der Waals surface area contributed by atoms with Crippen LogP contribution in [0.2, 0.25) is 5.02 Å². The number of piperidine rings is 1. The summed E-state index contributed by atoms with van der Waals surface area (Å²) < 4.78 is 47.5. The second-order valence-corrected chi connectivity index (χ2v) is 7.55. The molecule has 1 saturated heterocycles. The summed E-state index contributed by atoms with van der Waals surface area (Å²) in [5.41, 5.74) is 4.88. The van der Waals surface area contributed by atoms with Crippen molar-refractivity contribution in [3.63, 3.8) is 0 Å². The van der Waals surface area contributed by atoms with E-state index in [9.17, 15) is 13.2 Å². The van der Waals surface area contributed by atoms with Gasteiger partial charge in [-0.3, -0.25) is 0 Å². The molecule has 172 valence electrons. The standard InChI is InChI=1S/C20H20ClF3N6O.ClH/c21-16-10-12(27-19-28-18(25)29-30-19)9-15(20(22,23)24)17(16)11-1-3-13(4-2-11)31-14-5-7-26-8-6-14;/h1-4,9-10,14,26H,5-8H2,(H4,25,27,28,29,30);1H. The highest BCUT2D eigenvalue weighted by Crippen LogP contribution is 2.43. The normalized spacial score (nSPS) is 14.6. The third-order valence-corrected chi connectivity index (χ3v) is 5.18. The van der Waals surface area contributed by atoms with E-state index in [4.69, 9.17) is 22.1 Å². The van der Waals surface area contributed by atoms with Gasteiger partial charge in [0.15, 0.2) is 0 Å². The van der Waals surface area contributed by atoms with Crippen molar-refractivity contribution < 1.29 is 17.9 Å². The van der Waals surface area contributed by atoms with E-state index in [0.717, 1.165) is 32.0 Å². The van der Waals surface area contributed by atoms with Gasteiger partial charge in [-0.2, -0.15) is 18.2 Å². The number of ether oxygens (including phenoxy) is 1. The Morgan fingerprint density at radius 3 is 2.41 bits per heavy atom. The number of nitrogens with two attached hydrogens (primary N) is 1. The second-order valence-electron chi connectivity index (χ2n) is 7.14. The van der Waals surface area contributed by atoms with Crippen molar-refractivity contribution in [1.29, 1.82) is 0 Å². The Balaban J connectivity index is 0.00000289. The Kier molecular flexibility index (Phi) is 7.37. The molecule has 1 fully saturated rings. The first-order valence-corrected chi connectivity index (χ1v) is 10.0. The summed E-state index contributed by atoms with van der Waals surface area (Å²) in [7, 11) is 0. The predicted molar refractivity (Wildman–Crippen MR) is 120 cm³/mol. The van der Waals surface area contributed by atoms with Gasteiger partial charge in [-0.25, -0.2) is 5.10 Å². The van der Waals surface area contributed by atoms with E-state index >= 15 is 0 Å². The van der Waals surface area contributed by atoms with Crippen LogP contribution < -0.4 is 21.1 Å². The maximum Gasteiger partial charge on any atom is 0.417 e. The first kappa shape index (κ1) is 24.0. The lowest BCUT2D eigenvalue weighted by atomic mass is 9.98. The summed E-state index contributed by atoms with van der Waals surface area (Å²) in [5.74, 6) is 0.683. The monoisotopic (exact) mass is 488 g/mol. The zero-order valence-corrected chi connectivity index (χ0v) is 18.2. The number of halogens is 5. The lowest BCUT2D eigenvalue weighted by Gasteiger charge is -2.24. The largest absolute Gasteiger partial charge is 0.490 e. The topological polar surface area (TPSA) is 101 Å². The number of hydrogen-bond acceptors (Lipinski definition) is 6. The molecule has 0 saturated carbocycles. The number of nitrogens with zero attached hydrogens (tertiary/aromatic N) is 2. The number of alkyl halides is 3. The number of aromatic amines is 1. The van der Waals surface area contributed by atoms with E-state index in [1.54, 1.807) is 24.3 Å². The van der Waals surface area contributed by atoms with Gasteiger partial charge in [0.05, 0.1) is 10.6 Å². The smallest absolute Gasteiger partial charge is 0.417 e. The molecule has 0 radical (unpaired) electrons. The Hall–Kier alpha value is -2.69. The summed E-state index contributed by atoms with van der Waals surface area (Å²) >= 11 is 6.29. The second kappa shape index (κ2) is 9.85. The van der Waals surface area contributed by atoms with E-state index in [1.807, 2.05) is 0 Å². The van der Waals surface area contributed by atoms with Crippen LogP contribution in [0.5, 0.6) is 5.75 Å². The van der Waals surface area contributed by atoms with Crippen molar-refractivity contribution in [1.82, 2.24) is 20.5 Å². The molecule has 2 aromatic carbocycles. The zero-order chi connectivity index (χ0) is 22.0. The number of nitrogens with one attached hydrogen (secondary N) is 3. The van der Waals surface area contributed by atoms with Crippen molar-refractivity contribution in [2.75, 3.05) is 24.1 Å². The highest BCUT2D eigenvalue weighted by Gasteiger charge is 2.35. The summed E-state index contributed by atoms with van der Waals surface area (Å²) in [6, 6.07) is 8.84. The minimum Gasteiger partial charge on any atom is -0.490 e. The Morgan fingerprint density at radius 1 is 1.12 bits per heavy atom. The van der Waals surface area contributed by atoms with Gasteiger partial charge < -0.3 is 21.1 Å². The summed E-state index contributed by atoms with van der Waals surface area (Å²) in [4.78, 5) is 3.82. The van der Waals surface area contributed by atoms with E-state index in [0.29, 0.717) is 11.3 Å². The number of rotatable bonds is 5. The predicted octanol–water partition coefficient (Wildman–Crippen LogP) is 5.02. The maximum absolute atomic E-state index is 13.9. The third-order valence-electron chi connectivity index (χ3n) is 4.89. The third kappa shape index (κ3) is 5.56. The van der Waals surface area contributed by atoms with Gasteiger partial charge in [-0.1, -0.05) is 23.7 Å². The van der Waals surface area contributed by atoms with Crippen LogP contribution in [0, 0.1) is 0 Å². The molecular weight excluding hydrogens is 468 g/mol. The fraction of sp³-hybridized carbons (Fsp3) is 0.300. The molecule has 7 nitrogen and oxygen atoms in total. The molecule has 32 heavy (non-hydrogen) atoms. The first-order valence-electron chi connectivity index (χ1n) is 9.63. The van der Waals surface area contributed by atoms with Crippen LogP contribution in [-0.4, -0.2) is 34.4 Å². The van der Waals surface area contributed by atoms with E-state index < -0.39 is 11.7 Å². The van der Waals surface area contributed by atoms with Gasteiger partial charge in [0.25, 0.3) is 0 Å². The molecule has 0 aliphatic carbocycles. The van der Waals surface area contributed by atoms with Crippen LogP contribution in [0.3, 0.4) is 0 Å². The van der Waals surface area contributed by atoms with Crippen LogP contribution >= 0.6 is 24.0 Å². The molecular formula is C20H21Cl2F3N6O. The lowest BCUT2D eigenvalue weighted by Crippen LogP contribution is -2.34. The lowest BCUT2D eigenvalue weighted by molar-refractivity contribution is -0.137. The quantitative estimate of drug-likeness (QED) is 0.402. The van der Waals surface area contributed by atoms with Gasteiger partial charge in [0.1, 0.15) is 11.9 Å². The maximum atomic E-state index is 13.9. The molecule has 0 bridgehead atoms. The van der Waals surface area contributed by atoms with Gasteiger partial charge in [-0.15, -0.1) is 17.5 Å². The van der Waals surface area contributed by atoms with Gasteiger partial charge in [0.2, 0.25) is 11.9 Å². The van der Waals surface area contributed by atoms with Crippen molar-refractivity contribution in [3.8, 4) is 16.9 Å². The summed E-state index contributed by atoms with van der Waals surface area (Å²) in [6.45, 7) is 1.77. The minimum absolute atomic E-state index is 0. The number of anilines is 3. The highest BCUT2D eigenvalue weighted by atomic mass is 35.5. The first-order chi connectivity index (χ1) is 14.8. The number of nitrogen functional groups attached to an aromatic ring is 1. The Bertz CT molecular complexity index is 1050. The minimum atomic E-state index is -4.63. The van der Waals surface area contributed by atoms with Crippen molar-refractivity contribution in [2.45, 2.75) is 25.1 Å². The molecule has 1 aromatic heterocycles. The number of aromatic nitrogens is 3. The molecule has 0 spiro atoms. The fourth-order valence-electron chi connectivity index (χ4n) is 3.46. The molecule has 1 aliphatic heterocycles. The number of hydrogen-bond donors (Lipinski definition) is 4. The fourth-order valence-corrected chi connectivity index (χ4v) is 3.79. The summed E-state index contributed by atoms with van der Waals surface area (Å²) in [5, 5.41) is 12.0.